The van der Waals surface area contributed by atoms with Gasteiger partial charge in [-0.1, -0.05) is 68.6 Å². The van der Waals surface area contributed by atoms with Gasteiger partial charge in [-0.2, -0.15) is 0 Å². The third-order valence-corrected chi connectivity index (χ3v) is 9.98. The van der Waals surface area contributed by atoms with Crippen LogP contribution in [0.1, 0.15) is 38.7 Å². The van der Waals surface area contributed by atoms with Crippen molar-refractivity contribution in [1.82, 2.24) is 10.2 Å². The number of hydrogen-bond acceptors (Lipinski definition) is 5. The van der Waals surface area contributed by atoms with Crippen molar-refractivity contribution in [3.05, 3.63) is 71.3 Å². The molecule has 2 aromatic carbocycles. The number of nitrogens with one attached hydrogen (secondary N) is 2. The van der Waals surface area contributed by atoms with Crippen LogP contribution in [-0.4, -0.2) is 53.5 Å². The molecule has 216 valence electrons. The number of rotatable bonds is 7. The molecule has 0 aromatic heterocycles. The standard InChI is InChI=1S/C32H36ClN3O5/c1-18-7-6-10-24(19(18)2)35-30(38)28-32-16-15-25(41-32)26(29(37)34-21-11-13-22(40-3)14-12-21)27(32)31(39)36(28)17-20-8-4-5-9-23(20)33/h4-5,8-9,11-16,18-19,24-28H,6-7,10,17H2,1-3H3,(H,34,37)(H,35,38)/t18-,19-,24+,25-,26+,27-,28-,32-/m0/s1. The van der Waals surface area contributed by atoms with Crippen LogP contribution in [0, 0.1) is 23.7 Å². The van der Waals surface area contributed by atoms with E-state index in [-0.39, 0.29) is 30.3 Å². The molecule has 41 heavy (non-hydrogen) atoms. The molecular weight excluding hydrogens is 542 g/mol. The lowest BCUT2D eigenvalue weighted by molar-refractivity contribution is -0.142. The molecule has 1 spiro atoms. The van der Waals surface area contributed by atoms with Crippen LogP contribution in [0.25, 0.3) is 0 Å². The van der Waals surface area contributed by atoms with E-state index in [0.29, 0.717) is 28.3 Å². The van der Waals surface area contributed by atoms with Crippen molar-refractivity contribution in [2.24, 2.45) is 23.7 Å². The number of hydrogen-bond donors (Lipinski definition) is 2. The van der Waals surface area contributed by atoms with E-state index in [1.807, 2.05) is 30.4 Å². The van der Waals surface area contributed by atoms with Crippen LogP contribution in [-0.2, 0) is 25.7 Å². The van der Waals surface area contributed by atoms with Gasteiger partial charge < -0.3 is 25.0 Å². The van der Waals surface area contributed by atoms with Crippen LogP contribution in [0.15, 0.2) is 60.7 Å². The summed E-state index contributed by atoms with van der Waals surface area (Å²) < 4.78 is 11.7. The van der Waals surface area contributed by atoms with E-state index in [9.17, 15) is 14.4 Å². The Kier molecular flexibility index (Phi) is 7.32. The van der Waals surface area contributed by atoms with Gasteiger partial charge in [0.05, 0.1) is 25.0 Å². The van der Waals surface area contributed by atoms with Crippen molar-refractivity contribution in [1.29, 1.82) is 0 Å². The van der Waals surface area contributed by atoms with Gasteiger partial charge in [0.1, 0.15) is 17.4 Å². The first-order valence-corrected chi connectivity index (χ1v) is 14.8. The summed E-state index contributed by atoms with van der Waals surface area (Å²) in [5.41, 5.74) is 0.0807. The molecule has 4 aliphatic rings. The quantitative estimate of drug-likeness (QED) is 0.470. The van der Waals surface area contributed by atoms with Gasteiger partial charge in [-0.15, -0.1) is 0 Å². The number of halogens is 1. The Morgan fingerprint density at radius 3 is 2.59 bits per heavy atom. The van der Waals surface area contributed by atoms with E-state index in [1.54, 1.807) is 42.3 Å². The monoisotopic (exact) mass is 577 g/mol. The molecule has 3 heterocycles. The van der Waals surface area contributed by atoms with Crippen LogP contribution in [0.5, 0.6) is 5.75 Å². The maximum Gasteiger partial charge on any atom is 0.246 e. The number of amides is 3. The Morgan fingerprint density at radius 1 is 1.10 bits per heavy atom. The van der Waals surface area contributed by atoms with Crippen LogP contribution in [0.3, 0.4) is 0 Å². The Morgan fingerprint density at radius 2 is 1.85 bits per heavy atom. The molecule has 3 fully saturated rings. The Hall–Kier alpha value is -3.36. The van der Waals surface area contributed by atoms with Crippen molar-refractivity contribution >= 4 is 35.0 Å². The van der Waals surface area contributed by atoms with E-state index in [1.165, 1.54) is 0 Å². The first-order chi connectivity index (χ1) is 19.7. The smallest absolute Gasteiger partial charge is 0.246 e. The lowest BCUT2D eigenvalue weighted by Gasteiger charge is -2.38. The van der Waals surface area contributed by atoms with Crippen LogP contribution in [0.2, 0.25) is 5.02 Å². The third-order valence-electron chi connectivity index (χ3n) is 9.62. The number of nitrogens with zero attached hydrogens (tertiary/aromatic N) is 1. The highest BCUT2D eigenvalue weighted by molar-refractivity contribution is 6.31. The summed E-state index contributed by atoms with van der Waals surface area (Å²) in [6.07, 6.45) is 6.13. The predicted molar refractivity (Wildman–Crippen MR) is 155 cm³/mol. The largest absolute Gasteiger partial charge is 0.497 e. The molecule has 2 aromatic rings. The van der Waals surface area contributed by atoms with Gasteiger partial charge in [0, 0.05) is 23.3 Å². The average molecular weight is 578 g/mol. The molecule has 0 unspecified atom stereocenters. The van der Waals surface area contributed by atoms with E-state index in [2.05, 4.69) is 24.5 Å². The molecule has 8 nitrogen and oxygen atoms in total. The molecule has 9 heteroatoms. The molecule has 0 radical (unpaired) electrons. The molecule has 3 amide bonds. The van der Waals surface area contributed by atoms with Crippen molar-refractivity contribution in [3.8, 4) is 5.75 Å². The zero-order valence-corrected chi connectivity index (χ0v) is 24.3. The van der Waals surface area contributed by atoms with Gasteiger partial charge in [-0.05, 0) is 54.2 Å². The molecule has 8 atom stereocenters. The summed E-state index contributed by atoms with van der Waals surface area (Å²) in [6.45, 7) is 4.53. The summed E-state index contributed by atoms with van der Waals surface area (Å²) in [5.74, 6) is -0.991. The topological polar surface area (TPSA) is 97.0 Å². The average Bonchev–Trinajstić information content (AvgIpc) is 3.60. The first-order valence-electron chi connectivity index (χ1n) is 14.4. The molecule has 2 bridgehead atoms. The third kappa shape index (κ3) is 4.71. The molecule has 1 saturated carbocycles. The van der Waals surface area contributed by atoms with E-state index in [0.717, 1.165) is 24.8 Å². The number of carbonyl (C=O) groups is 3. The SMILES string of the molecule is COc1ccc(NC(=O)[C@@H]2[C@@H]3C=C[C@]4(O3)[C@@H]2C(=O)N(Cc2ccccc2Cl)[C@H]4C(=O)N[C@@H]2CCC[C@H](C)[C@@H]2C)cc1. The number of ether oxygens (including phenoxy) is 2. The van der Waals surface area contributed by atoms with Gasteiger partial charge in [0.25, 0.3) is 0 Å². The lowest BCUT2D eigenvalue weighted by atomic mass is 9.73. The van der Waals surface area contributed by atoms with E-state index < -0.39 is 29.6 Å². The number of benzene rings is 2. The highest BCUT2D eigenvalue weighted by Crippen LogP contribution is 2.55. The fourth-order valence-corrected chi connectivity index (χ4v) is 7.39. The van der Waals surface area contributed by atoms with Gasteiger partial charge in [0.2, 0.25) is 17.7 Å². The number of methoxy groups -OCH3 is 1. The van der Waals surface area contributed by atoms with Crippen LogP contribution in [0.4, 0.5) is 5.69 Å². The summed E-state index contributed by atoms with van der Waals surface area (Å²) in [5, 5.41) is 6.74. The minimum absolute atomic E-state index is 0.00992. The highest BCUT2D eigenvalue weighted by Gasteiger charge is 2.72. The van der Waals surface area contributed by atoms with Crippen molar-refractivity contribution < 1.29 is 23.9 Å². The second kappa shape index (κ2) is 10.8. The Balaban J connectivity index is 1.32. The molecule has 2 N–H and O–H groups in total. The fraction of sp³-hybridized carbons (Fsp3) is 0.469. The highest BCUT2D eigenvalue weighted by atomic mass is 35.5. The number of likely N-dealkylation sites (tertiary alicyclic amines) is 1. The van der Waals surface area contributed by atoms with Gasteiger partial charge >= 0.3 is 0 Å². The minimum atomic E-state index is -1.24. The first kappa shape index (κ1) is 27.8. The molecule has 3 aliphatic heterocycles. The van der Waals surface area contributed by atoms with Crippen molar-refractivity contribution in [3.63, 3.8) is 0 Å². The number of fused-ring (bicyclic) bond motifs is 1. The van der Waals surface area contributed by atoms with Crippen molar-refractivity contribution in [2.75, 3.05) is 12.4 Å². The summed E-state index contributed by atoms with van der Waals surface area (Å²) in [4.78, 5) is 43.7. The van der Waals surface area contributed by atoms with Crippen LogP contribution >= 0.6 is 11.6 Å². The van der Waals surface area contributed by atoms with E-state index >= 15 is 0 Å². The summed E-state index contributed by atoms with van der Waals surface area (Å²) in [7, 11) is 1.58. The maximum absolute atomic E-state index is 14.3. The Bertz CT molecular complexity index is 1380. The zero-order chi connectivity index (χ0) is 28.9. The second-order valence-corrected chi connectivity index (χ2v) is 12.3. The lowest BCUT2D eigenvalue weighted by Crippen LogP contribution is -2.57. The molecule has 6 rings (SSSR count). The molecular formula is C32H36ClN3O5. The Labute approximate surface area is 245 Å². The van der Waals surface area contributed by atoms with Crippen molar-refractivity contribution in [2.45, 2.75) is 63.4 Å². The van der Waals surface area contributed by atoms with Gasteiger partial charge in [0.15, 0.2) is 0 Å². The van der Waals surface area contributed by atoms with Crippen LogP contribution < -0.4 is 15.4 Å². The second-order valence-electron chi connectivity index (χ2n) is 11.9. The molecule has 1 aliphatic carbocycles. The number of carbonyl (C=O) groups excluding carboxylic acids is 3. The molecule has 2 saturated heterocycles. The van der Waals surface area contributed by atoms with Gasteiger partial charge in [-0.25, -0.2) is 0 Å². The van der Waals surface area contributed by atoms with Gasteiger partial charge in [-0.3, -0.25) is 14.4 Å². The normalized spacial score (nSPS) is 33.5. The minimum Gasteiger partial charge on any atom is -0.497 e. The summed E-state index contributed by atoms with van der Waals surface area (Å²) >= 11 is 6.50. The maximum atomic E-state index is 14.3. The number of anilines is 1. The predicted octanol–water partition coefficient (Wildman–Crippen LogP) is 4.58. The summed E-state index contributed by atoms with van der Waals surface area (Å²) in [6, 6.07) is 13.4. The zero-order valence-electron chi connectivity index (χ0n) is 23.5. The fourth-order valence-electron chi connectivity index (χ4n) is 7.20. The van der Waals surface area contributed by atoms with E-state index in [4.69, 9.17) is 21.1 Å².